The van der Waals surface area contributed by atoms with Gasteiger partial charge in [-0.3, -0.25) is 29.8 Å². The van der Waals surface area contributed by atoms with Crippen molar-refractivity contribution in [2.24, 2.45) is 9.98 Å². The van der Waals surface area contributed by atoms with E-state index in [4.69, 9.17) is 0 Å². The molecule has 4 rings (SSSR count). The van der Waals surface area contributed by atoms with Gasteiger partial charge in [-0.1, -0.05) is 12.1 Å². The Morgan fingerprint density at radius 3 is 1.39 bits per heavy atom. The summed E-state index contributed by atoms with van der Waals surface area (Å²) in [7, 11) is 0. The highest BCUT2D eigenvalue weighted by atomic mass is 16.1. The monoisotopic (exact) mass is 484 g/mol. The molecule has 2 aromatic heterocycles. The van der Waals surface area contributed by atoms with Gasteiger partial charge in [0.1, 0.15) is 0 Å². The van der Waals surface area contributed by atoms with E-state index < -0.39 is 0 Å². The van der Waals surface area contributed by atoms with Gasteiger partial charge in [0.15, 0.2) is 0 Å². The standard InChI is InChI=1S/C28H32N6O2/c1-17-7-9-23(13-19(17)3)33-27(35)25(21(5)31-33)15-29-11-12-30-16-26-22(6)32-34(28(26)36)24-10-8-18(2)20(4)14-24/h7-10,13-16,31-32H,11-12H2,1-6H3. The lowest BCUT2D eigenvalue weighted by atomic mass is 10.1. The summed E-state index contributed by atoms with van der Waals surface area (Å²) >= 11 is 0. The smallest absolute Gasteiger partial charge is 0.280 e. The Labute approximate surface area is 210 Å². The van der Waals surface area contributed by atoms with E-state index >= 15 is 0 Å². The number of aromatic nitrogens is 4. The molecule has 186 valence electrons. The molecule has 8 heteroatoms. The molecule has 0 aliphatic carbocycles. The highest BCUT2D eigenvalue weighted by Crippen LogP contribution is 2.14. The molecule has 0 saturated heterocycles. The highest BCUT2D eigenvalue weighted by molar-refractivity contribution is 5.81. The molecule has 0 bridgehead atoms. The van der Waals surface area contributed by atoms with Gasteiger partial charge < -0.3 is 0 Å². The minimum Gasteiger partial charge on any atom is -0.295 e. The molecule has 2 heterocycles. The number of H-pyrrole nitrogens is 2. The number of rotatable bonds is 7. The topological polar surface area (TPSA) is 100 Å². The number of nitrogens with one attached hydrogen (secondary N) is 2. The molecule has 0 atom stereocenters. The van der Waals surface area contributed by atoms with Crippen LogP contribution in [-0.4, -0.2) is 45.1 Å². The number of aryl methyl sites for hydroxylation is 6. The number of nitrogens with zero attached hydrogens (tertiary/aromatic N) is 4. The summed E-state index contributed by atoms with van der Waals surface area (Å²) < 4.78 is 3.08. The third-order valence-corrected chi connectivity index (χ3v) is 6.53. The van der Waals surface area contributed by atoms with E-state index in [0.29, 0.717) is 24.2 Å². The molecule has 36 heavy (non-hydrogen) atoms. The minimum atomic E-state index is -0.141. The van der Waals surface area contributed by atoms with E-state index in [1.54, 1.807) is 12.4 Å². The molecule has 4 aromatic rings. The molecule has 0 unspecified atom stereocenters. The molecular weight excluding hydrogens is 452 g/mol. The molecule has 0 fully saturated rings. The summed E-state index contributed by atoms with van der Waals surface area (Å²) in [6, 6.07) is 11.8. The van der Waals surface area contributed by atoms with Gasteiger partial charge in [0.05, 0.1) is 35.6 Å². The van der Waals surface area contributed by atoms with Crippen LogP contribution in [0.25, 0.3) is 11.4 Å². The van der Waals surface area contributed by atoms with Crippen molar-refractivity contribution in [3.05, 3.63) is 102 Å². The molecule has 8 nitrogen and oxygen atoms in total. The Balaban J connectivity index is 1.43. The van der Waals surface area contributed by atoms with Gasteiger partial charge in [-0.05, 0) is 88.1 Å². The van der Waals surface area contributed by atoms with Crippen LogP contribution < -0.4 is 11.1 Å². The van der Waals surface area contributed by atoms with E-state index in [1.807, 2.05) is 77.9 Å². The lowest BCUT2D eigenvalue weighted by molar-refractivity contribution is 0.833. The second-order valence-corrected chi connectivity index (χ2v) is 9.19. The van der Waals surface area contributed by atoms with E-state index in [0.717, 1.165) is 33.9 Å². The van der Waals surface area contributed by atoms with Gasteiger partial charge in [-0.25, -0.2) is 9.36 Å². The van der Waals surface area contributed by atoms with Gasteiger partial charge in [-0.15, -0.1) is 0 Å². The van der Waals surface area contributed by atoms with Crippen molar-refractivity contribution in [3.63, 3.8) is 0 Å². The zero-order chi connectivity index (χ0) is 26.0. The van der Waals surface area contributed by atoms with E-state index in [-0.39, 0.29) is 11.1 Å². The Morgan fingerprint density at radius 1 is 0.639 bits per heavy atom. The normalized spacial score (nSPS) is 11.8. The van der Waals surface area contributed by atoms with Gasteiger partial charge in [0, 0.05) is 23.8 Å². The number of aromatic amines is 2. The number of benzene rings is 2. The maximum Gasteiger partial charge on any atom is 0.280 e. The fourth-order valence-electron chi connectivity index (χ4n) is 3.94. The first-order chi connectivity index (χ1) is 17.2. The summed E-state index contributed by atoms with van der Waals surface area (Å²) in [6.07, 6.45) is 3.19. The molecule has 0 spiro atoms. The first kappa shape index (κ1) is 24.9. The van der Waals surface area contributed by atoms with Crippen LogP contribution in [0.1, 0.15) is 44.8 Å². The average Bonchev–Trinajstić information content (AvgIpc) is 3.29. The van der Waals surface area contributed by atoms with Crippen molar-refractivity contribution >= 4 is 12.4 Å². The van der Waals surface area contributed by atoms with E-state index in [9.17, 15) is 9.59 Å². The summed E-state index contributed by atoms with van der Waals surface area (Å²) in [6.45, 7) is 12.6. The summed E-state index contributed by atoms with van der Waals surface area (Å²) in [5.41, 5.74) is 8.46. The fourth-order valence-corrected chi connectivity index (χ4v) is 3.94. The van der Waals surface area contributed by atoms with Gasteiger partial charge in [-0.2, -0.15) is 0 Å². The van der Waals surface area contributed by atoms with Gasteiger partial charge >= 0.3 is 0 Å². The molecule has 0 amide bonds. The van der Waals surface area contributed by atoms with Crippen molar-refractivity contribution in [1.29, 1.82) is 0 Å². The number of hydrogen-bond acceptors (Lipinski definition) is 4. The van der Waals surface area contributed by atoms with E-state index in [1.165, 1.54) is 20.5 Å². The van der Waals surface area contributed by atoms with Gasteiger partial charge in [0.25, 0.3) is 11.1 Å². The average molecular weight is 485 g/mol. The molecule has 2 aromatic carbocycles. The van der Waals surface area contributed by atoms with Crippen LogP contribution in [0, 0.1) is 41.5 Å². The van der Waals surface area contributed by atoms with Crippen molar-refractivity contribution < 1.29 is 0 Å². The molecule has 0 aliphatic rings. The van der Waals surface area contributed by atoms with Crippen LogP contribution in [0.4, 0.5) is 0 Å². The first-order valence-corrected chi connectivity index (χ1v) is 12.0. The van der Waals surface area contributed by atoms with Crippen LogP contribution in [0.5, 0.6) is 0 Å². The van der Waals surface area contributed by atoms with Crippen LogP contribution >= 0.6 is 0 Å². The second-order valence-electron chi connectivity index (χ2n) is 9.19. The number of aliphatic imine (C=N–C) groups is 2. The Hall–Kier alpha value is -4.20. The van der Waals surface area contributed by atoms with Gasteiger partial charge in [0.2, 0.25) is 0 Å². The zero-order valence-corrected chi connectivity index (χ0v) is 21.6. The third-order valence-electron chi connectivity index (χ3n) is 6.53. The lowest BCUT2D eigenvalue weighted by Crippen LogP contribution is -2.17. The minimum absolute atomic E-state index is 0.141. The Kier molecular flexibility index (Phi) is 7.05. The lowest BCUT2D eigenvalue weighted by Gasteiger charge is -2.05. The van der Waals surface area contributed by atoms with Crippen molar-refractivity contribution in [1.82, 2.24) is 19.6 Å². The second kappa shape index (κ2) is 10.2. The maximum absolute atomic E-state index is 12.9. The Bertz CT molecular complexity index is 1470. The summed E-state index contributed by atoms with van der Waals surface area (Å²) in [4.78, 5) is 34.6. The number of hydrogen-bond donors (Lipinski definition) is 2. The van der Waals surface area contributed by atoms with Crippen molar-refractivity contribution in [2.75, 3.05) is 13.1 Å². The molecule has 0 aliphatic heterocycles. The van der Waals surface area contributed by atoms with Crippen LogP contribution in [0.3, 0.4) is 0 Å². The SMILES string of the molecule is Cc1ccc(-n2[nH]c(C)c(C=NCCN=Cc3c(C)[nH]n(-c4ccc(C)c(C)c4)c3=O)c2=O)cc1C. The summed E-state index contributed by atoms with van der Waals surface area (Å²) in [5, 5.41) is 6.25. The summed E-state index contributed by atoms with van der Waals surface area (Å²) in [5.74, 6) is 0. The predicted octanol–water partition coefficient (Wildman–Crippen LogP) is 4.03. The first-order valence-electron chi connectivity index (χ1n) is 12.0. The predicted molar refractivity (Wildman–Crippen MR) is 146 cm³/mol. The van der Waals surface area contributed by atoms with Crippen molar-refractivity contribution in [3.8, 4) is 11.4 Å². The molecule has 2 N–H and O–H groups in total. The zero-order valence-electron chi connectivity index (χ0n) is 21.6. The Morgan fingerprint density at radius 2 is 1.03 bits per heavy atom. The van der Waals surface area contributed by atoms with Crippen LogP contribution in [0.2, 0.25) is 0 Å². The molecule has 0 radical (unpaired) electrons. The van der Waals surface area contributed by atoms with Crippen LogP contribution in [0.15, 0.2) is 56.0 Å². The van der Waals surface area contributed by atoms with Crippen molar-refractivity contribution in [2.45, 2.75) is 41.5 Å². The molecule has 0 saturated carbocycles. The fraction of sp³-hybridized carbons (Fsp3) is 0.286. The quantitative estimate of drug-likeness (QED) is 0.306. The van der Waals surface area contributed by atoms with Crippen LogP contribution in [-0.2, 0) is 0 Å². The highest BCUT2D eigenvalue weighted by Gasteiger charge is 2.12. The largest absolute Gasteiger partial charge is 0.295 e. The maximum atomic E-state index is 12.9. The third kappa shape index (κ3) is 4.93. The van der Waals surface area contributed by atoms with E-state index in [2.05, 4.69) is 20.2 Å². The molecular formula is C28H32N6O2.